The quantitative estimate of drug-likeness (QED) is 0.165. The maximum atomic E-state index is 7.57. The molecule has 1 aromatic heterocycles. The SMILES string of the molecule is CC(C)(C)c1ccc(N2c3cc(C(C)(C)C)cc4c3P3(=S)c5c(cc(C(C)(C)C)cc5N(c5ccc(C(C)(C)C)cc5)c5cc(-n6c7ccccc7c7ccccc76)cc2c53)O4)cc1. The van der Waals surface area contributed by atoms with Crippen molar-refractivity contribution in [3.05, 3.63) is 156 Å². The summed E-state index contributed by atoms with van der Waals surface area (Å²) in [4.78, 5) is 5.04. The lowest BCUT2D eigenvalue weighted by molar-refractivity contribution is 0.480. The van der Waals surface area contributed by atoms with Gasteiger partial charge in [-0.25, -0.2) is 0 Å². The number of hydrogen-bond acceptors (Lipinski definition) is 4. The Labute approximate surface area is 384 Å². The molecule has 4 nitrogen and oxygen atoms in total. The van der Waals surface area contributed by atoms with Crippen molar-refractivity contribution >= 4 is 89.7 Å². The van der Waals surface area contributed by atoms with Gasteiger partial charge >= 0.3 is 0 Å². The molecule has 0 bridgehead atoms. The zero-order valence-electron chi connectivity index (χ0n) is 39.3. The van der Waals surface area contributed by atoms with Gasteiger partial charge in [-0.2, -0.15) is 0 Å². The molecule has 0 N–H and O–H groups in total. The monoisotopic (exact) mass is 875 g/mol. The fourth-order valence-electron chi connectivity index (χ4n) is 10.3. The molecule has 3 aliphatic heterocycles. The van der Waals surface area contributed by atoms with E-state index in [2.05, 4.69) is 231 Å². The number of aromatic nitrogens is 1. The third kappa shape index (κ3) is 5.96. The second-order valence-electron chi connectivity index (χ2n) is 22.4. The Kier molecular flexibility index (Phi) is 8.65. The molecular formula is C58H58N3OPS. The van der Waals surface area contributed by atoms with Gasteiger partial charge in [-0.05, 0) is 117 Å². The van der Waals surface area contributed by atoms with E-state index < -0.39 is 6.04 Å². The molecule has 0 aliphatic carbocycles. The van der Waals surface area contributed by atoms with Crippen LogP contribution >= 0.6 is 6.04 Å². The Morgan fingerprint density at radius 1 is 0.391 bits per heavy atom. The molecule has 322 valence electrons. The smallest absolute Gasteiger partial charge is 0.138 e. The summed E-state index contributed by atoms with van der Waals surface area (Å²) in [5, 5.41) is 5.98. The Morgan fingerprint density at radius 3 is 1.12 bits per heavy atom. The molecule has 0 atom stereocenters. The summed E-state index contributed by atoms with van der Waals surface area (Å²) in [6.07, 6.45) is 0. The average molecular weight is 876 g/mol. The van der Waals surface area contributed by atoms with Gasteiger partial charge in [0, 0.05) is 27.5 Å². The third-order valence-electron chi connectivity index (χ3n) is 13.8. The van der Waals surface area contributed by atoms with Crippen molar-refractivity contribution in [3.8, 4) is 17.2 Å². The van der Waals surface area contributed by atoms with E-state index in [0.29, 0.717) is 0 Å². The first kappa shape index (κ1) is 41.1. The molecule has 0 radical (unpaired) electrons. The van der Waals surface area contributed by atoms with Gasteiger partial charge in [-0.15, -0.1) is 0 Å². The number of para-hydroxylation sites is 2. The highest BCUT2D eigenvalue weighted by Crippen LogP contribution is 2.67. The van der Waals surface area contributed by atoms with Crippen molar-refractivity contribution in [3.63, 3.8) is 0 Å². The van der Waals surface area contributed by atoms with E-state index in [1.54, 1.807) is 0 Å². The molecule has 0 saturated carbocycles. The first-order chi connectivity index (χ1) is 30.1. The minimum absolute atomic E-state index is 0.00552. The zero-order chi connectivity index (χ0) is 45.0. The Morgan fingerprint density at radius 2 is 0.750 bits per heavy atom. The highest BCUT2D eigenvalue weighted by Gasteiger charge is 2.52. The maximum Gasteiger partial charge on any atom is 0.138 e. The van der Waals surface area contributed by atoms with Gasteiger partial charge in [-0.3, -0.25) is 0 Å². The fourth-order valence-corrected chi connectivity index (χ4v) is 15.4. The lowest BCUT2D eigenvalue weighted by atomic mass is 9.85. The van der Waals surface area contributed by atoms with Crippen LogP contribution in [0.15, 0.2) is 133 Å². The molecule has 4 heterocycles. The van der Waals surface area contributed by atoms with Gasteiger partial charge in [0.05, 0.1) is 56.1 Å². The van der Waals surface area contributed by atoms with Gasteiger partial charge in [-0.1, -0.05) is 156 Å². The summed E-state index contributed by atoms with van der Waals surface area (Å²) in [6.45, 7) is 27.5. The van der Waals surface area contributed by atoms with E-state index in [-0.39, 0.29) is 21.7 Å². The summed E-state index contributed by atoms with van der Waals surface area (Å²) >= 11 is 7.57. The molecule has 3 aliphatic rings. The van der Waals surface area contributed by atoms with E-state index in [4.69, 9.17) is 16.5 Å². The Bertz CT molecular complexity index is 3100. The van der Waals surface area contributed by atoms with Gasteiger partial charge in [0.1, 0.15) is 11.5 Å². The van der Waals surface area contributed by atoms with Crippen LogP contribution in [0, 0.1) is 0 Å². The molecule has 0 amide bonds. The molecule has 6 heteroatoms. The van der Waals surface area contributed by atoms with Crippen LogP contribution in [-0.4, -0.2) is 4.57 Å². The number of ether oxygens (including phenoxy) is 1. The van der Waals surface area contributed by atoms with Crippen molar-refractivity contribution in [2.45, 2.75) is 105 Å². The van der Waals surface area contributed by atoms with Crippen LogP contribution in [0.3, 0.4) is 0 Å². The van der Waals surface area contributed by atoms with Crippen molar-refractivity contribution in [2.24, 2.45) is 0 Å². The van der Waals surface area contributed by atoms with E-state index >= 15 is 0 Å². The number of benzene rings is 7. The fraction of sp³-hybridized carbons (Fsp3) is 0.276. The number of fused-ring (bicyclic) bond motifs is 3. The van der Waals surface area contributed by atoms with Crippen LogP contribution in [0.2, 0.25) is 0 Å². The van der Waals surface area contributed by atoms with Crippen LogP contribution in [0.4, 0.5) is 34.1 Å². The van der Waals surface area contributed by atoms with Crippen molar-refractivity contribution in [1.29, 1.82) is 0 Å². The Balaban J connectivity index is 1.33. The summed E-state index contributed by atoms with van der Waals surface area (Å²) in [5.74, 6) is 1.77. The summed E-state index contributed by atoms with van der Waals surface area (Å²) < 4.78 is 9.84. The molecule has 11 rings (SSSR count). The lowest BCUT2D eigenvalue weighted by Gasteiger charge is -2.50. The van der Waals surface area contributed by atoms with Crippen LogP contribution in [0.1, 0.15) is 105 Å². The normalized spacial score (nSPS) is 15.1. The second kappa shape index (κ2) is 13.5. The molecule has 8 aromatic rings. The van der Waals surface area contributed by atoms with Crippen molar-refractivity contribution in [2.75, 3.05) is 9.80 Å². The molecule has 7 aromatic carbocycles. The van der Waals surface area contributed by atoms with E-state index in [1.165, 1.54) is 49.4 Å². The highest BCUT2D eigenvalue weighted by molar-refractivity contribution is 8.26. The predicted octanol–water partition coefficient (Wildman–Crippen LogP) is 15.4. The first-order valence-electron chi connectivity index (χ1n) is 22.8. The number of nitrogens with zero attached hydrogens (tertiary/aromatic N) is 3. The van der Waals surface area contributed by atoms with E-state index in [1.807, 2.05) is 0 Å². The van der Waals surface area contributed by atoms with Crippen molar-refractivity contribution < 1.29 is 4.74 Å². The molecule has 0 fully saturated rings. The van der Waals surface area contributed by atoms with Gasteiger partial charge in [0.2, 0.25) is 0 Å². The molecule has 0 unspecified atom stereocenters. The van der Waals surface area contributed by atoms with Gasteiger partial charge in [0.15, 0.2) is 0 Å². The largest absolute Gasteiger partial charge is 0.456 e. The van der Waals surface area contributed by atoms with Crippen LogP contribution in [0.25, 0.3) is 27.5 Å². The molecular weight excluding hydrogens is 818 g/mol. The van der Waals surface area contributed by atoms with Crippen LogP contribution in [-0.2, 0) is 33.5 Å². The summed E-state index contributed by atoms with van der Waals surface area (Å²) in [6, 6.07) is 47.7. The van der Waals surface area contributed by atoms with Crippen molar-refractivity contribution in [1.82, 2.24) is 4.57 Å². The predicted molar refractivity (Wildman–Crippen MR) is 278 cm³/mol. The maximum absolute atomic E-state index is 7.57. The van der Waals surface area contributed by atoms with Gasteiger partial charge < -0.3 is 19.1 Å². The van der Waals surface area contributed by atoms with E-state index in [0.717, 1.165) is 61.9 Å². The second-order valence-corrected chi connectivity index (χ2v) is 26.6. The van der Waals surface area contributed by atoms with Gasteiger partial charge in [0.25, 0.3) is 0 Å². The lowest BCUT2D eigenvalue weighted by Crippen LogP contribution is -2.46. The summed E-state index contributed by atoms with van der Waals surface area (Å²) in [5.41, 5.74) is 14.9. The minimum Gasteiger partial charge on any atom is -0.456 e. The van der Waals surface area contributed by atoms with Crippen LogP contribution < -0.4 is 30.5 Å². The third-order valence-corrected chi connectivity index (χ3v) is 18.7. The number of rotatable bonds is 3. The van der Waals surface area contributed by atoms with E-state index in [9.17, 15) is 0 Å². The standard InChI is InChI=1S/C58H58N3OPS/c1-55(2,3)35-21-25-39(26-22-35)59-46-29-37(57(7,8)9)31-50-53(46)63(64)52-48(59)33-41(61-44-19-15-13-17-42(44)43-18-14-16-20-45(43)61)34-49(52)60(40-27-23-36(24-28-40)56(4,5)6)47-30-38(58(10,11)12)32-51(62-50)54(47)63/h13-34H,1-12H3. The highest BCUT2D eigenvalue weighted by atomic mass is 32.4. The summed E-state index contributed by atoms with van der Waals surface area (Å²) in [7, 11) is 0. The molecule has 0 saturated heterocycles. The first-order valence-corrected chi connectivity index (χ1v) is 25.6. The average Bonchev–Trinajstić information content (AvgIpc) is 3.56. The number of anilines is 6. The Hall–Kier alpha value is -5.61. The zero-order valence-corrected chi connectivity index (χ0v) is 41.0. The van der Waals surface area contributed by atoms with Crippen LogP contribution in [0.5, 0.6) is 11.5 Å². The molecule has 64 heavy (non-hydrogen) atoms. The number of hydrogen-bond donors (Lipinski definition) is 0. The topological polar surface area (TPSA) is 20.6 Å². The minimum atomic E-state index is -2.79. The molecule has 0 spiro atoms.